The van der Waals surface area contributed by atoms with E-state index in [1.807, 2.05) is 0 Å². The highest BCUT2D eigenvalue weighted by Gasteiger charge is 2.40. The predicted molar refractivity (Wildman–Crippen MR) is 64.9 cm³/mol. The van der Waals surface area contributed by atoms with E-state index in [4.69, 9.17) is 0 Å². The minimum Gasteiger partial charge on any atom is -0.389 e. The predicted octanol–water partition coefficient (Wildman–Crippen LogP) is 1.27. The first-order chi connectivity index (χ1) is 8.31. The van der Waals surface area contributed by atoms with Crippen molar-refractivity contribution in [3.05, 3.63) is 30.1 Å². The van der Waals surface area contributed by atoms with Crippen LogP contribution >= 0.6 is 0 Å². The molecule has 2 N–H and O–H groups in total. The summed E-state index contributed by atoms with van der Waals surface area (Å²) in [5, 5.41) is 10.0. The number of halogens is 1. The van der Waals surface area contributed by atoms with Crippen molar-refractivity contribution in [1.29, 1.82) is 0 Å². The van der Waals surface area contributed by atoms with E-state index in [1.54, 1.807) is 6.92 Å². The van der Waals surface area contributed by atoms with Crippen molar-refractivity contribution in [2.45, 2.75) is 30.3 Å². The summed E-state index contributed by atoms with van der Waals surface area (Å²) in [6, 6.07) is 4.58. The first-order valence-corrected chi connectivity index (χ1v) is 7.27. The fraction of sp³-hybridized carbons (Fsp3) is 0.500. The average molecular weight is 273 g/mol. The molecule has 100 valence electrons. The smallest absolute Gasteiger partial charge is 0.240 e. The van der Waals surface area contributed by atoms with E-state index < -0.39 is 21.4 Å². The van der Waals surface area contributed by atoms with Gasteiger partial charge < -0.3 is 5.11 Å². The minimum atomic E-state index is -3.69. The van der Waals surface area contributed by atoms with Crippen LogP contribution in [0.25, 0.3) is 0 Å². The van der Waals surface area contributed by atoms with E-state index >= 15 is 0 Å². The highest BCUT2D eigenvalue weighted by Crippen LogP contribution is 2.39. The molecule has 1 atom stereocenters. The van der Waals surface area contributed by atoms with Gasteiger partial charge in [0.2, 0.25) is 10.0 Å². The first-order valence-electron chi connectivity index (χ1n) is 5.79. The molecule has 1 unspecified atom stereocenters. The lowest BCUT2D eigenvalue weighted by atomic mass is 10.0. The summed E-state index contributed by atoms with van der Waals surface area (Å²) in [4.78, 5) is -0.00417. The molecule has 6 heteroatoms. The number of rotatable bonds is 5. The SMILES string of the molecule is CC(O)(CNS(=O)(=O)c1ccc(F)cc1)C1CC1. The Balaban J connectivity index is 2.05. The lowest BCUT2D eigenvalue weighted by Crippen LogP contribution is -2.42. The van der Waals surface area contributed by atoms with Gasteiger partial charge in [0.1, 0.15) is 5.82 Å². The molecule has 1 fully saturated rings. The summed E-state index contributed by atoms with van der Waals surface area (Å²) in [5.41, 5.74) is -1.02. The van der Waals surface area contributed by atoms with E-state index in [2.05, 4.69) is 4.72 Å². The van der Waals surface area contributed by atoms with E-state index in [1.165, 1.54) is 12.1 Å². The van der Waals surface area contributed by atoms with Gasteiger partial charge >= 0.3 is 0 Å². The highest BCUT2D eigenvalue weighted by atomic mass is 32.2. The Morgan fingerprint density at radius 1 is 1.39 bits per heavy atom. The van der Waals surface area contributed by atoms with Gasteiger partial charge in [0.15, 0.2) is 0 Å². The molecule has 0 aliphatic heterocycles. The second-order valence-electron chi connectivity index (χ2n) is 4.91. The molecule has 1 aliphatic carbocycles. The van der Waals surface area contributed by atoms with Crippen molar-refractivity contribution >= 4 is 10.0 Å². The van der Waals surface area contributed by atoms with Crippen LogP contribution in [0, 0.1) is 11.7 Å². The Hall–Kier alpha value is -0.980. The summed E-state index contributed by atoms with van der Waals surface area (Å²) >= 11 is 0. The van der Waals surface area contributed by atoms with Crippen LogP contribution in [0.5, 0.6) is 0 Å². The zero-order chi connectivity index (χ0) is 13.4. The van der Waals surface area contributed by atoms with Gasteiger partial charge in [-0.3, -0.25) is 0 Å². The van der Waals surface area contributed by atoms with Crippen LogP contribution in [0.2, 0.25) is 0 Å². The van der Waals surface area contributed by atoms with Gasteiger partial charge in [0.25, 0.3) is 0 Å². The van der Waals surface area contributed by atoms with Crippen molar-refractivity contribution in [3.63, 3.8) is 0 Å². The van der Waals surface area contributed by atoms with Crippen molar-refractivity contribution in [1.82, 2.24) is 4.72 Å². The second-order valence-corrected chi connectivity index (χ2v) is 6.68. The normalized spacial score (nSPS) is 19.5. The number of hydrogen-bond acceptors (Lipinski definition) is 3. The fourth-order valence-corrected chi connectivity index (χ4v) is 2.93. The summed E-state index contributed by atoms with van der Waals surface area (Å²) in [5.74, 6) is -0.327. The molecule has 0 aromatic heterocycles. The zero-order valence-corrected chi connectivity index (χ0v) is 10.9. The van der Waals surface area contributed by atoms with Crippen LogP contribution in [0.3, 0.4) is 0 Å². The molecule has 1 aromatic rings. The van der Waals surface area contributed by atoms with Crippen LogP contribution in [-0.2, 0) is 10.0 Å². The van der Waals surface area contributed by atoms with Crippen LogP contribution in [0.4, 0.5) is 4.39 Å². The van der Waals surface area contributed by atoms with Crippen molar-refractivity contribution in [3.8, 4) is 0 Å². The molecule has 4 nitrogen and oxygen atoms in total. The van der Waals surface area contributed by atoms with Crippen molar-refractivity contribution in [2.24, 2.45) is 5.92 Å². The molecule has 1 aliphatic rings. The summed E-state index contributed by atoms with van der Waals surface area (Å²) in [6.45, 7) is 1.59. The molecular formula is C12H16FNO3S. The number of sulfonamides is 1. The standard InChI is InChI=1S/C12H16FNO3S/c1-12(15,9-2-3-9)8-14-18(16,17)11-6-4-10(13)5-7-11/h4-7,9,14-15H,2-3,8H2,1H3. The quantitative estimate of drug-likeness (QED) is 0.849. The van der Waals surface area contributed by atoms with E-state index in [0.717, 1.165) is 25.0 Å². The first kappa shape index (κ1) is 13.5. The van der Waals surface area contributed by atoms with Gasteiger partial charge in [-0.25, -0.2) is 17.5 Å². The van der Waals surface area contributed by atoms with Crippen molar-refractivity contribution < 1.29 is 17.9 Å². The molecule has 0 heterocycles. The van der Waals surface area contributed by atoms with Gasteiger partial charge in [-0.15, -0.1) is 0 Å². The molecule has 2 rings (SSSR count). The minimum absolute atomic E-state index is 0.00417. The highest BCUT2D eigenvalue weighted by molar-refractivity contribution is 7.89. The van der Waals surface area contributed by atoms with Gasteiger partial charge in [0, 0.05) is 6.54 Å². The maximum absolute atomic E-state index is 12.7. The largest absolute Gasteiger partial charge is 0.389 e. The number of aliphatic hydroxyl groups is 1. The molecule has 0 radical (unpaired) electrons. The van der Waals surface area contributed by atoms with Gasteiger partial charge in [-0.05, 0) is 49.9 Å². The zero-order valence-electron chi connectivity index (χ0n) is 10.1. The lowest BCUT2D eigenvalue weighted by Gasteiger charge is -2.23. The van der Waals surface area contributed by atoms with Gasteiger partial charge in [0.05, 0.1) is 10.5 Å². The molecule has 0 spiro atoms. The fourth-order valence-electron chi connectivity index (χ4n) is 1.79. The van der Waals surface area contributed by atoms with E-state index in [9.17, 15) is 17.9 Å². The molecule has 0 bridgehead atoms. The maximum atomic E-state index is 12.7. The molecule has 0 saturated heterocycles. The molecular weight excluding hydrogens is 257 g/mol. The third-order valence-corrected chi connectivity index (χ3v) is 4.62. The monoisotopic (exact) mass is 273 g/mol. The summed E-state index contributed by atoms with van der Waals surface area (Å²) in [7, 11) is -3.69. The van der Waals surface area contributed by atoms with Crippen LogP contribution in [-0.4, -0.2) is 25.7 Å². The third kappa shape index (κ3) is 3.07. The maximum Gasteiger partial charge on any atom is 0.240 e. The Labute approximate surface area is 106 Å². The second kappa shape index (κ2) is 4.60. The Kier molecular flexibility index (Phi) is 3.44. The molecule has 1 aromatic carbocycles. The number of benzene rings is 1. The molecule has 1 saturated carbocycles. The van der Waals surface area contributed by atoms with Crippen molar-refractivity contribution in [2.75, 3.05) is 6.54 Å². The van der Waals surface area contributed by atoms with Gasteiger partial charge in [-0.1, -0.05) is 0 Å². The number of nitrogens with one attached hydrogen (secondary N) is 1. The Morgan fingerprint density at radius 3 is 2.44 bits per heavy atom. The molecule has 18 heavy (non-hydrogen) atoms. The van der Waals surface area contributed by atoms with E-state index in [-0.39, 0.29) is 17.4 Å². The topological polar surface area (TPSA) is 66.4 Å². The van der Waals surface area contributed by atoms with Crippen LogP contribution in [0.15, 0.2) is 29.2 Å². The number of hydrogen-bond donors (Lipinski definition) is 2. The summed E-state index contributed by atoms with van der Waals surface area (Å²) < 4.78 is 38.8. The van der Waals surface area contributed by atoms with Crippen LogP contribution < -0.4 is 4.72 Å². The Morgan fingerprint density at radius 2 is 1.94 bits per heavy atom. The average Bonchev–Trinajstić information content (AvgIpc) is 3.11. The molecule has 0 amide bonds. The van der Waals surface area contributed by atoms with Gasteiger partial charge in [-0.2, -0.15) is 0 Å². The Bertz CT molecular complexity index is 521. The van der Waals surface area contributed by atoms with Crippen LogP contribution in [0.1, 0.15) is 19.8 Å². The lowest BCUT2D eigenvalue weighted by molar-refractivity contribution is 0.0422. The van der Waals surface area contributed by atoms with E-state index in [0.29, 0.717) is 0 Å². The third-order valence-electron chi connectivity index (χ3n) is 3.20. The summed E-state index contributed by atoms with van der Waals surface area (Å²) in [6.07, 6.45) is 1.84.